The van der Waals surface area contributed by atoms with E-state index in [1.807, 2.05) is 19.1 Å². The normalized spacial score (nSPS) is 10.0. The SMILES string of the molecule is CCc1cc(CCC(=O)OC)ccc1O. The van der Waals surface area contributed by atoms with Crippen LogP contribution in [0.2, 0.25) is 0 Å². The third kappa shape index (κ3) is 3.27. The Kier molecular flexibility index (Phi) is 4.16. The van der Waals surface area contributed by atoms with E-state index in [4.69, 9.17) is 0 Å². The van der Waals surface area contributed by atoms with Gasteiger partial charge in [-0.25, -0.2) is 0 Å². The van der Waals surface area contributed by atoms with Crippen molar-refractivity contribution < 1.29 is 14.6 Å². The molecular weight excluding hydrogens is 192 g/mol. The van der Waals surface area contributed by atoms with E-state index in [-0.39, 0.29) is 5.97 Å². The number of rotatable bonds is 4. The molecule has 0 fully saturated rings. The summed E-state index contributed by atoms with van der Waals surface area (Å²) in [6.07, 6.45) is 1.82. The van der Waals surface area contributed by atoms with Gasteiger partial charge >= 0.3 is 5.97 Å². The third-order valence-corrected chi connectivity index (χ3v) is 2.37. The quantitative estimate of drug-likeness (QED) is 0.770. The van der Waals surface area contributed by atoms with Crippen molar-refractivity contribution in [1.82, 2.24) is 0 Å². The maximum atomic E-state index is 10.9. The molecule has 0 heterocycles. The number of phenolic OH excluding ortho intramolecular Hbond substituents is 1. The summed E-state index contributed by atoms with van der Waals surface area (Å²) in [5.41, 5.74) is 1.97. The summed E-state index contributed by atoms with van der Waals surface area (Å²) in [5, 5.41) is 9.47. The van der Waals surface area contributed by atoms with Gasteiger partial charge in [-0.15, -0.1) is 0 Å². The highest BCUT2D eigenvalue weighted by Gasteiger charge is 2.04. The molecule has 0 unspecified atom stereocenters. The molecule has 0 bridgehead atoms. The van der Waals surface area contributed by atoms with Gasteiger partial charge in [-0.1, -0.05) is 19.1 Å². The van der Waals surface area contributed by atoms with Crippen molar-refractivity contribution in [2.24, 2.45) is 0 Å². The molecular formula is C12H16O3. The fourth-order valence-corrected chi connectivity index (χ4v) is 1.43. The van der Waals surface area contributed by atoms with Crippen molar-refractivity contribution in [2.45, 2.75) is 26.2 Å². The van der Waals surface area contributed by atoms with Crippen LogP contribution in [0.15, 0.2) is 18.2 Å². The molecule has 0 radical (unpaired) electrons. The molecule has 0 saturated heterocycles. The van der Waals surface area contributed by atoms with Crippen LogP contribution in [-0.4, -0.2) is 18.2 Å². The van der Waals surface area contributed by atoms with Crippen LogP contribution < -0.4 is 0 Å². The van der Waals surface area contributed by atoms with E-state index in [0.717, 1.165) is 17.5 Å². The number of aryl methyl sites for hydroxylation is 2. The third-order valence-electron chi connectivity index (χ3n) is 2.37. The second kappa shape index (κ2) is 5.39. The maximum Gasteiger partial charge on any atom is 0.305 e. The van der Waals surface area contributed by atoms with Crippen LogP contribution in [0.3, 0.4) is 0 Å². The second-order valence-electron chi connectivity index (χ2n) is 3.39. The summed E-state index contributed by atoms with van der Waals surface area (Å²) in [7, 11) is 1.39. The van der Waals surface area contributed by atoms with E-state index in [2.05, 4.69) is 4.74 Å². The standard InChI is InChI=1S/C12H16O3/c1-3-10-8-9(4-6-11(10)13)5-7-12(14)15-2/h4,6,8,13H,3,5,7H2,1-2H3. The zero-order valence-electron chi connectivity index (χ0n) is 9.12. The van der Waals surface area contributed by atoms with Crippen LogP contribution >= 0.6 is 0 Å². The molecule has 1 aromatic carbocycles. The molecule has 15 heavy (non-hydrogen) atoms. The summed E-state index contributed by atoms with van der Waals surface area (Å²) >= 11 is 0. The Hall–Kier alpha value is -1.51. The fraction of sp³-hybridized carbons (Fsp3) is 0.417. The second-order valence-corrected chi connectivity index (χ2v) is 3.39. The molecule has 0 amide bonds. The van der Waals surface area contributed by atoms with Crippen LogP contribution in [-0.2, 0) is 22.4 Å². The monoisotopic (exact) mass is 208 g/mol. The molecule has 0 aliphatic carbocycles. The zero-order valence-corrected chi connectivity index (χ0v) is 9.12. The molecule has 0 spiro atoms. The lowest BCUT2D eigenvalue weighted by molar-refractivity contribution is -0.140. The van der Waals surface area contributed by atoms with Crippen LogP contribution in [0.4, 0.5) is 0 Å². The topological polar surface area (TPSA) is 46.5 Å². The number of methoxy groups -OCH3 is 1. The molecule has 3 nitrogen and oxygen atoms in total. The Balaban J connectivity index is 2.66. The number of ether oxygens (including phenoxy) is 1. The van der Waals surface area contributed by atoms with Crippen molar-refractivity contribution in [3.8, 4) is 5.75 Å². The molecule has 3 heteroatoms. The highest BCUT2D eigenvalue weighted by atomic mass is 16.5. The van der Waals surface area contributed by atoms with Crippen molar-refractivity contribution in [3.63, 3.8) is 0 Å². The first-order chi connectivity index (χ1) is 7.17. The Morgan fingerprint density at radius 3 is 2.80 bits per heavy atom. The number of carbonyl (C=O) groups excluding carboxylic acids is 1. The Morgan fingerprint density at radius 2 is 2.20 bits per heavy atom. The first kappa shape index (κ1) is 11.6. The highest BCUT2D eigenvalue weighted by Crippen LogP contribution is 2.19. The lowest BCUT2D eigenvalue weighted by Gasteiger charge is -2.05. The van der Waals surface area contributed by atoms with Crippen LogP contribution in [0, 0.1) is 0 Å². The molecule has 0 aliphatic rings. The minimum atomic E-state index is -0.207. The lowest BCUT2D eigenvalue weighted by Crippen LogP contribution is -2.02. The summed E-state index contributed by atoms with van der Waals surface area (Å²) in [5.74, 6) is 0.112. The largest absolute Gasteiger partial charge is 0.508 e. The molecule has 1 N–H and O–H groups in total. The fourth-order valence-electron chi connectivity index (χ4n) is 1.43. The lowest BCUT2D eigenvalue weighted by atomic mass is 10.0. The number of benzene rings is 1. The number of hydrogen-bond acceptors (Lipinski definition) is 3. The highest BCUT2D eigenvalue weighted by molar-refractivity contribution is 5.69. The van der Waals surface area contributed by atoms with Crippen LogP contribution in [0.25, 0.3) is 0 Å². The van der Waals surface area contributed by atoms with Gasteiger partial charge < -0.3 is 9.84 Å². The van der Waals surface area contributed by atoms with Crippen molar-refractivity contribution in [2.75, 3.05) is 7.11 Å². The maximum absolute atomic E-state index is 10.9. The van der Waals surface area contributed by atoms with E-state index in [1.54, 1.807) is 6.07 Å². The Morgan fingerprint density at radius 1 is 1.47 bits per heavy atom. The molecule has 1 aromatic rings. The van der Waals surface area contributed by atoms with Crippen molar-refractivity contribution in [3.05, 3.63) is 29.3 Å². The number of esters is 1. The minimum absolute atomic E-state index is 0.207. The summed E-state index contributed by atoms with van der Waals surface area (Å²) in [4.78, 5) is 10.9. The first-order valence-electron chi connectivity index (χ1n) is 5.05. The van der Waals surface area contributed by atoms with E-state index in [0.29, 0.717) is 18.6 Å². The van der Waals surface area contributed by atoms with Gasteiger partial charge in [-0.2, -0.15) is 0 Å². The predicted molar refractivity (Wildman–Crippen MR) is 57.8 cm³/mol. The molecule has 0 atom stereocenters. The number of phenols is 1. The number of carbonyl (C=O) groups is 1. The van der Waals surface area contributed by atoms with Gasteiger partial charge in [0.2, 0.25) is 0 Å². The molecule has 0 saturated carbocycles. The smallest absolute Gasteiger partial charge is 0.305 e. The average Bonchev–Trinajstić information content (AvgIpc) is 2.27. The Labute approximate surface area is 89.7 Å². The predicted octanol–water partition coefficient (Wildman–Crippen LogP) is 2.06. The van der Waals surface area contributed by atoms with Gasteiger partial charge in [0.25, 0.3) is 0 Å². The Bertz CT molecular complexity index is 345. The van der Waals surface area contributed by atoms with Crippen LogP contribution in [0.1, 0.15) is 24.5 Å². The van der Waals surface area contributed by atoms with Gasteiger partial charge in [0.05, 0.1) is 7.11 Å². The average molecular weight is 208 g/mol. The molecule has 82 valence electrons. The van der Waals surface area contributed by atoms with Gasteiger partial charge in [-0.05, 0) is 30.0 Å². The zero-order chi connectivity index (χ0) is 11.3. The summed E-state index contributed by atoms with van der Waals surface area (Å²) in [6.45, 7) is 1.99. The van der Waals surface area contributed by atoms with E-state index >= 15 is 0 Å². The van der Waals surface area contributed by atoms with E-state index < -0.39 is 0 Å². The molecule has 0 aliphatic heterocycles. The van der Waals surface area contributed by atoms with Gasteiger partial charge in [0.15, 0.2) is 0 Å². The first-order valence-corrected chi connectivity index (χ1v) is 5.05. The summed E-state index contributed by atoms with van der Waals surface area (Å²) in [6, 6.07) is 5.43. The van der Waals surface area contributed by atoms with Crippen molar-refractivity contribution in [1.29, 1.82) is 0 Å². The number of aromatic hydroxyl groups is 1. The van der Waals surface area contributed by atoms with Crippen LogP contribution in [0.5, 0.6) is 5.75 Å². The molecule has 0 aromatic heterocycles. The van der Waals surface area contributed by atoms with Gasteiger partial charge in [0.1, 0.15) is 5.75 Å². The van der Waals surface area contributed by atoms with Gasteiger partial charge in [0, 0.05) is 6.42 Å². The van der Waals surface area contributed by atoms with E-state index in [9.17, 15) is 9.90 Å². The van der Waals surface area contributed by atoms with Gasteiger partial charge in [-0.3, -0.25) is 4.79 Å². The molecule has 1 rings (SSSR count). The minimum Gasteiger partial charge on any atom is -0.508 e. The van der Waals surface area contributed by atoms with Crippen molar-refractivity contribution >= 4 is 5.97 Å². The van der Waals surface area contributed by atoms with E-state index in [1.165, 1.54) is 7.11 Å². The summed E-state index contributed by atoms with van der Waals surface area (Å²) < 4.78 is 4.56. The number of hydrogen-bond donors (Lipinski definition) is 1.